The zero-order valence-electron chi connectivity index (χ0n) is 11.9. The molecule has 2 unspecified atom stereocenters. The van der Waals surface area contributed by atoms with Gasteiger partial charge in [-0.3, -0.25) is 0 Å². The average molecular weight is 275 g/mol. The predicted octanol–water partition coefficient (Wildman–Crippen LogP) is 2.37. The van der Waals surface area contributed by atoms with E-state index in [2.05, 4.69) is 24.3 Å². The number of allylic oxidation sites excluding steroid dienone is 2. The quantitative estimate of drug-likeness (QED) is 0.737. The lowest BCUT2D eigenvalue weighted by atomic mass is 9.47. The highest BCUT2D eigenvalue weighted by Gasteiger charge is 2.68. The molecule has 3 aliphatic heterocycles. The maximum Gasteiger partial charge on any atom is 0.410 e. The van der Waals surface area contributed by atoms with Gasteiger partial charge in [-0.05, 0) is 25.7 Å². The molecule has 2 aliphatic carbocycles. The fourth-order valence-electron chi connectivity index (χ4n) is 5.01. The van der Waals surface area contributed by atoms with E-state index in [-0.39, 0.29) is 23.0 Å². The van der Waals surface area contributed by atoms with Crippen LogP contribution in [0.15, 0.2) is 24.3 Å². The second-order valence-corrected chi connectivity index (χ2v) is 6.43. The molecule has 0 N–H and O–H groups in total. The van der Waals surface area contributed by atoms with Crippen LogP contribution in [0.3, 0.4) is 0 Å². The van der Waals surface area contributed by atoms with E-state index in [4.69, 9.17) is 9.47 Å². The molecule has 4 atom stereocenters. The number of hydrogen-bond donors (Lipinski definition) is 0. The van der Waals surface area contributed by atoms with E-state index in [1.165, 1.54) is 6.42 Å². The average Bonchev–Trinajstić information content (AvgIpc) is 2.90. The van der Waals surface area contributed by atoms with Crippen molar-refractivity contribution in [2.45, 2.75) is 25.8 Å². The van der Waals surface area contributed by atoms with Crippen molar-refractivity contribution < 1.29 is 14.3 Å². The Balaban J connectivity index is 1.76. The lowest BCUT2D eigenvalue weighted by Gasteiger charge is -2.62. The minimum atomic E-state index is -0.153. The molecule has 20 heavy (non-hydrogen) atoms. The molecule has 0 spiro atoms. The second-order valence-electron chi connectivity index (χ2n) is 6.43. The number of carbonyl (C=O) groups excluding carboxylic acids is 1. The van der Waals surface area contributed by atoms with Crippen molar-refractivity contribution in [2.75, 3.05) is 26.4 Å². The SMILES string of the molecule is CCOC(=O)N1CC2CC[C@H]1[C@]13C=CC=CC21COC3. The Labute approximate surface area is 119 Å². The smallest absolute Gasteiger partial charge is 0.410 e. The number of carbonyl (C=O) groups is 1. The van der Waals surface area contributed by atoms with Crippen LogP contribution < -0.4 is 0 Å². The molecule has 108 valence electrons. The Morgan fingerprint density at radius 1 is 1.30 bits per heavy atom. The van der Waals surface area contributed by atoms with Crippen LogP contribution in [0.1, 0.15) is 19.8 Å². The monoisotopic (exact) mass is 275 g/mol. The van der Waals surface area contributed by atoms with Gasteiger partial charge < -0.3 is 14.4 Å². The van der Waals surface area contributed by atoms with E-state index in [1.807, 2.05) is 11.8 Å². The van der Waals surface area contributed by atoms with Crippen molar-refractivity contribution in [3.63, 3.8) is 0 Å². The van der Waals surface area contributed by atoms with Gasteiger partial charge in [-0.1, -0.05) is 24.3 Å². The molecule has 1 amide bonds. The highest BCUT2D eigenvalue weighted by Crippen LogP contribution is 2.64. The maximum atomic E-state index is 12.3. The molecule has 0 radical (unpaired) electrons. The number of amides is 1. The van der Waals surface area contributed by atoms with Gasteiger partial charge >= 0.3 is 6.09 Å². The summed E-state index contributed by atoms with van der Waals surface area (Å²) in [6.07, 6.45) is 11.0. The van der Waals surface area contributed by atoms with Crippen molar-refractivity contribution in [2.24, 2.45) is 16.7 Å². The van der Waals surface area contributed by atoms with Gasteiger partial charge in [-0.25, -0.2) is 4.79 Å². The minimum absolute atomic E-state index is 0.0321. The van der Waals surface area contributed by atoms with E-state index < -0.39 is 0 Å². The summed E-state index contributed by atoms with van der Waals surface area (Å²) in [4.78, 5) is 14.2. The van der Waals surface area contributed by atoms with Gasteiger partial charge in [0.2, 0.25) is 0 Å². The lowest BCUT2D eigenvalue weighted by molar-refractivity contribution is -0.0940. The fraction of sp³-hybridized carbons (Fsp3) is 0.688. The summed E-state index contributed by atoms with van der Waals surface area (Å²) in [5.74, 6) is 0.487. The number of rotatable bonds is 1. The molecule has 0 aromatic carbocycles. The number of piperidine rings is 2. The van der Waals surface area contributed by atoms with Gasteiger partial charge in [0.1, 0.15) is 0 Å². The highest BCUT2D eigenvalue weighted by atomic mass is 16.6. The first kappa shape index (κ1) is 12.5. The zero-order chi connectivity index (χ0) is 13.8. The number of ether oxygens (including phenoxy) is 2. The summed E-state index contributed by atoms with van der Waals surface area (Å²) in [6.45, 7) is 4.64. The van der Waals surface area contributed by atoms with Crippen LogP contribution in [0.25, 0.3) is 0 Å². The van der Waals surface area contributed by atoms with E-state index >= 15 is 0 Å². The molecule has 4 heteroatoms. The minimum Gasteiger partial charge on any atom is -0.450 e. The molecule has 2 bridgehead atoms. The van der Waals surface area contributed by atoms with Crippen LogP contribution in [0.4, 0.5) is 4.79 Å². The molecule has 1 saturated carbocycles. The van der Waals surface area contributed by atoms with E-state index in [1.54, 1.807) is 0 Å². The fourth-order valence-corrected chi connectivity index (χ4v) is 5.01. The molecule has 5 rings (SSSR count). The van der Waals surface area contributed by atoms with Gasteiger partial charge in [-0.2, -0.15) is 0 Å². The third-order valence-corrected chi connectivity index (χ3v) is 5.85. The Kier molecular flexibility index (Phi) is 2.56. The molecule has 3 heterocycles. The molecule has 4 nitrogen and oxygen atoms in total. The van der Waals surface area contributed by atoms with Gasteiger partial charge in [0.15, 0.2) is 0 Å². The first-order chi connectivity index (χ1) is 9.73. The Hall–Kier alpha value is -1.29. The zero-order valence-corrected chi connectivity index (χ0v) is 11.9. The van der Waals surface area contributed by atoms with Crippen LogP contribution in [0, 0.1) is 16.7 Å². The molecule has 0 aromatic rings. The summed E-state index contributed by atoms with van der Waals surface area (Å²) >= 11 is 0. The lowest BCUT2D eigenvalue weighted by Crippen LogP contribution is -2.69. The summed E-state index contributed by atoms with van der Waals surface area (Å²) in [5, 5.41) is 0. The van der Waals surface area contributed by atoms with Crippen molar-refractivity contribution in [1.82, 2.24) is 4.90 Å². The predicted molar refractivity (Wildman–Crippen MR) is 74.2 cm³/mol. The molecule has 4 fully saturated rings. The maximum absolute atomic E-state index is 12.3. The Morgan fingerprint density at radius 3 is 2.85 bits per heavy atom. The summed E-state index contributed by atoms with van der Waals surface area (Å²) in [7, 11) is 0. The summed E-state index contributed by atoms with van der Waals surface area (Å²) < 4.78 is 11.2. The first-order valence-electron chi connectivity index (χ1n) is 7.62. The van der Waals surface area contributed by atoms with Gasteiger partial charge in [0, 0.05) is 23.4 Å². The van der Waals surface area contributed by atoms with Gasteiger partial charge in [0.25, 0.3) is 0 Å². The molecule has 3 saturated heterocycles. The normalized spacial score (nSPS) is 44.4. The largest absolute Gasteiger partial charge is 0.450 e. The number of hydrogen-bond acceptors (Lipinski definition) is 3. The van der Waals surface area contributed by atoms with Crippen LogP contribution in [0.2, 0.25) is 0 Å². The number of fused-ring (bicyclic) bond motifs is 2. The van der Waals surface area contributed by atoms with Crippen molar-refractivity contribution in [3.05, 3.63) is 24.3 Å². The van der Waals surface area contributed by atoms with E-state index in [9.17, 15) is 4.79 Å². The molecular formula is C16H21NO3. The van der Waals surface area contributed by atoms with Crippen molar-refractivity contribution in [1.29, 1.82) is 0 Å². The van der Waals surface area contributed by atoms with Crippen LogP contribution in [0.5, 0.6) is 0 Å². The van der Waals surface area contributed by atoms with E-state index in [0.717, 1.165) is 26.2 Å². The van der Waals surface area contributed by atoms with Crippen molar-refractivity contribution >= 4 is 6.09 Å². The Bertz CT molecular complexity index is 500. The summed E-state index contributed by atoms with van der Waals surface area (Å²) in [6, 6.07) is 0.218. The topological polar surface area (TPSA) is 38.8 Å². The van der Waals surface area contributed by atoms with Crippen LogP contribution >= 0.6 is 0 Å². The third kappa shape index (κ3) is 1.28. The van der Waals surface area contributed by atoms with Gasteiger partial charge in [-0.15, -0.1) is 0 Å². The second kappa shape index (κ2) is 4.10. The number of nitrogens with zero attached hydrogens (tertiary/aromatic N) is 1. The molecular weight excluding hydrogens is 254 g/mol. The molecule has 0 aromatic heterocycles. The van der Waals surface area contributed by atoms with E-state index in [0.29, 0.717) is 12.5 Å². The standard InChI is InChI=1S/C16H21NO3/c1-2-20-14(18)17-9-12-5-6-13(17)16-8-4-3-7-15(12,16)10-19-11-16/h3-4,7-8,12-13H,2,5-6,9-11H2,1H3/t12?,13-,15?,16+/m0/s1. The van der Waals surface area contributed by atoms with Gasteiger partial charge in [0.05, 0.1) is 19.8 Å². The third-order valence-electron chi connectivity index (χ3n) is 5.85. The van der Waals surface area contributed by atoms with Crippen molar-refractivity contribution in [3.8, 4) is 0 Å². The van der Waals surface area contributed by atoms with Crippen LogP contribution in [-0.2, 0) is 9.47 Å². The molecule has 5 aliphatic rings. The Morgan fingerprint density at radius 2 is 2.05 bits per heavy atom. The highest BCUT2D eigenvalue weighted by molar-refractivity contribution is 5.69. The first-order valence-corrected chi connectivity index (χ1v) is 7.62. The van der Waals surface area contributed by atoms with Crippen LogP contribution in [-0.4, -0.2) is 43.4 Å². The summed E-state index contributed by atoms with van der Waals surface area (Å²) in [5.41, 5.74) is 0.0728.